The average molecular weight is 378 g/mol. The van der Waals surface area contributed by atoms with Crippen LogP contribution in [0.2, 0.25) is 0 Å². The maximum atomic E-state index is 12.8. The number of halogens is 2. The van der Waals surface area contributed by atoms with Gasteiger partial charge in [0.25, 0.3) is 0 Å². The van der Waals surface area contributed by atoms with E-state index >= 15 is 0 Å². The molecule has 0 aromatic heterocycles. The van der Waals surface area contributed by atoms with Crippen LogP contribution in [0.1, 0.15) is 35.2 Å². The fraction of sp³-hybridized carbons (Fsp3) is 0.222. The number of nitrogens with one attached hydrogen (secondary N) is 1. The standard InChI is InChI=1S/C18H17BrFNO2/c19-15-8-6-14(7-9-15)17(22)2-1-3-18(23)21-12-13-4-10-16(20)11-5-13/h4-11H,1-3,12H2,(H,21,23). The number of hydrogen-bond acceptors (Lipinski definition) is 2. The molecule has 1 N–H and O–H groups in total. The minimum absolute atomic E-state index is 0.0313. The highest BCUT2D eigenvalue weighted by Crippen LogP contribution is 2.13. The van der Waals surface area contributed by atoms with Crippen molar-refractivity contribution in [2.75, 3.05) is 0 Å². The van der Waals surface area contributed by atoms with E-state index < -0.39 is 0 Å². The van der Waals surface area contributed by atoms with Crippen molar-refractivity contribution >= 4 is 27.6 Å². The van der Waals surface area contributed by atoms with Gasteiger partial charge in [-0.15, -0.1) is 0 Å². The Labute approximate surface area is 143 Å². The molecule has 2 aromatic carbocycles. The highest BCUT2D eigenvalue weighted by atomic mass is 79.9. The van der Waals surface area contributed by atoms with Crippen LogP contribution in [0.3, 0.4) is 0 Å². The van der Waals surface area contributed by atoms with Gasteiger partial charge in [0, 0.05) is 29.4 Å². The first-order valence-electron chi connectivity index (χ1n) is 7.34. The first kappa shape index (κ1) is 17.3. The van der Waals surface area contributed by atoms with E-state index in [0.29, 0.717) is 31.4 Å². The summed E-state index contributed by atoms with van der Waals surface area (Å²) >= 11 is 3.32. The highest BCUT2D eigenvalue weighted by molar-refractivity contribution is 9.10. The monoisotopic (exact) mass is 377 g/mol. The zero-order valence-corrected chi connectivity index (χ0v) is 14.1. The Morgan fingerprint density at radius 2 is 1.61 bits per heavy atom. The van der Waals surface area contributed by atoms with Crippen LogP contribution in [0.25, 0.3) is 0 Å². The lowest BCUT2D eigenvalue weighted by atomic mass is 10.1. The SMILES string of the molecule is O=C(CCCC(=O)c1ccc(Br)cc1)NCc1ccc(F)cc1. The molecule has 0 heterocycles. The number of hydrogen-bond donors (Lipinski definition) is 1. The lowest BCUT2D eigenvalue weighted by Gasteiger charge is -2.05. The van der Waals surface area contributed by atoms with E-state index in [-0.39, 0.29) is 17.5 Å². The molecule has 0 saturated heterocycles. The predicted molar refractivity (Wildman–Crippen MR) is 90.6 cm³/mol. The smallest absolute Gasteiger partial charge is 0.220 e. The third kappa shape index (κ3) is 5.94. The fourth-order valence-corrected chi connectivity index (χ4v) is 2.35. The first-order valence-corrected chi connectivity index (χ1v) is 8.14. The van der Waals surface area contributed by atoms with E-state index in [1.807, 2.05) is 12.1 Å². The largest absolute Gasteiger partial charge is 0.352 e. The molecule has 0 radical (unpaired) electrons. The van der Waals surface area contributed by atoms with Crippen LogP contribution >= 0.6 is 15.9 Å². The van der Waals surface area contributed by atoms with Gasteiger partial charge in [0.05, 0.1) is 0 Å². The summed E-state index contributed by atoms with van der Waals surface area (Å²) in [7, 11) is 0. The number of amides is 1. The molecule has 0 aliphatic carbocycles. The lowest BCUT2D eigenvalue weighted by Crippen LogP contribution is -2.22. The number of rotatable bonds is 7. The minimum Gasteiger partial charge on any atom is -0.352 e. The third-order valence-corrected chi connectivity index (χ3v) is 3.91. The van der Waals surface area contributed by atoms with Gasteiger partial charge in [-0.05, 0) is 36.2 Å². The second kappa shape index (κ2) is 8.58. The molecular formula is C18H17BrFNO2. The van der Waals surface area contributed by atoms with Crippen LogP contribution in [0.5, 0.6) is 0 Å². The Morgan fingerprint density at radius 3 is 2.26 bits per heavy atom. The molecule has 0 bridgehead atoms. The van der Waals surface area contributed by atoms with Gasteiger partial charge in [0.1, 0.15) is 5.82 Å². The Bertz CT molecular complexity index is 668. The van der Waals surface area contributed by atoms with Crippen molar-refractivity contribution < 1.29 is 14.0 Å². The Balaban J connectivity index is 1.69. The molecule has 2 rings (SSSR count). The molecule has 120 valence electrons. The third-order valence-electron chi connectivity index (χ3n) is 3.38. The normalized spacial score (nSPS) is 10.3. The summed E-state index contributed by atoms with van der Waals surface area (Å²) in [5, 5.41) is 2.76. The number of benzene rings is 2. The predicted octanol–water partition coefficient (Wildman–Crippen LogP) is 4.26. The van der Waals surface area contributed by atoms with Crippen LogP contribution < -0.4 is 5.32 Å². The molecule has 3 nitrogen and oxygen atoms in total. The maximum Gasteiger partial charge on any atom is 0.220 e. The maximum absolute atomic E-state index is 12.8. The molecule has 2 aromatic rings. The van der Waals surface area contributed by atoms with Crippen molar-refractivity contribution in [1.29, 1.82) is 0 Å². The lowest BCUT2D eigenvalue weighted by molar-refractivity contribution is -0.121. The summed E-state index contributed by atoms with van der Waals surface area (Å²) in [6, 6.07) is 13.2. The Hall–Kier alpha value is -2.01. The van der Waals surface area contributed by atoms with E-state index in [1.165, 1.54) is 12.1 Å². The molecule has 0 spiro atoms. The first-order chi connectivity index (χ1) is 11.0. The van der Waals surface area contributed by atoms with Crippen LogP contribution in [0.4, 0.5) is 4.39 Å². The van der Waals surface area contributed by atoms with Crippen molar-refractivity contribution in [2.24, 2.45) is 0 Å². The Morgan fingerprint density at radius 1 is 0.957 bits per heavy atom. The van der Waals surface area contributed by atoms with Gasteiger partial charge in [-0.2, -0.15) is 0 Å². The van der Waals surface area contributed by atoms with Crippen molar-refractivity contribution in [2.45, 2.75) is 25.8 Å². The number of carbonyl (C=O) groups excluding carboxylic acids is 2. The van der Waals surface area contributed by atoms with E-state index in [2.05, 4.69) is 21.2 Å². The summed E-state index contributed by atoms with van der Waals surface area (Å²) in [6.07, 6.45) is 1.14. The van der Waals surface area contributed by atoms with Crippen molar-refractivity contribution in [3.05, 3.63) is 69.9 Å². The minimum atomic E-state index is -0.300. The van der Waals surface area contributed by atoms with Gasteiger partial charge in [-0.3, -0.25) is 9.59 Å². The number of ketones is 1. The van der Waals surface area contributed by atoms with Crippen LogP contribution in [-0.2, 0) is 11.3 Å². The van der Waals surface area contributed by atoms with Crippen LogP contribution in [0, 0.1) is 5.82 Å². The van der Waals surface area contributed by atoms with Gasteiger partial charge in [-0.1, -0.05) is 40.2 Å². The van der Waals surface area contributed by atoms with Gasteiger partial charge >= 0.3 is 0 Å². The molecule has 0 unspecified atom stereocenters. The summed E-state index contributed by atoms with van der Waals surface area (Å²) in [6.45, 7) is 0.361. The molecule has 0 atom stereocenters. The van der Waals surface area contributed by atoms with Gasteiger partial charge in [-0.25, -0.2) is 4.39 Å². The van der Waals surface area contributed by atoms with Crippen molar-refractivity contribution in [3.8, 4) is 0 Å². The molecule has 0 aliphatic rings. The molecule has 0 aliphatic heterocycles. The molecule has 5 heteroatoms. The summed E-state index contributed by atoms with van der Waals surface area (Å²) < 4.78 is 13.7. The quantitative estimate of drug-likeness (QED) is 0.732. The van der Waals surface area contributed by atoms with E-state index in [1.54, 1.807) is 24.3 Å². The van der Waals surface area contributed by atoms with Crippen molar-refractivity contribution in [3.63, 3.8) is 0 Å². The molecule has 1 amide bonds. The average Bonchev–Trinajstić information content (AvgIpc) is 2.55. The summed E-state index contributed by atoms with van der Waals surface area (Å²) in [4.78, 5) is 23.7. The van der Waals surface area contributed by atoms with Gasteiger partial charge in [0.15, 0.2) is 5.78 Å². The van der Waals surface area contributed by atoms with Gasteiger partial charge in [0.2, 0.25) is 5.91 Å². The fourth-order valence-electron chi connectivity index (χ4n) is 2.08. The van der Waals surface area contributed by atoms with Crippen molar-refractivity contribution in [1.82, 2.24) is 5.32 Å². The summed E-state index contributed by atoms with van der Waals surface area (Å²) in [5.74, 6) is -0.381. The second-order valence-electron chi connectivity index (χ2n) is 5.19. The van der Waals surface area contributed by atoms with Crippen LogP contribution in [-0.4, -0.2) is 11.7 Å². The Kier molecular flexibility index (Phi) is 6.47. The molecule has 23 heavy (non-hydrogen) atoms. The topological polar surface area (TPSA) is 46.2 Å². The molecular weight excluding hydrogens is 361 g/mol. The summed E-state index contributed by atoms with van der Waals surface area (Å²) in [5.41, 5.74) is 1.49. The second-order valence-corrected chi connectivity index (χ2v) is 6.10. The highest BCUT2D eigenvalue weighted by Gasteiger charge is 2.07. The number of carbonyl (C=O) groups is 2. The van der Waals surface area contributed by atoms with E-state index in [4.69, 9.17) is 0 Å². The van der Waals surface area contributed by atoms with E-state index in [9.17, 15) is 14.0 Å². The van der Waals surface area contributed by atoms with E-state index in [0.717, 1.165) is 10.0 Å². The zero-order valence-electron chi connectivity index (χ0n) is 12.5. The number of Topliss-reactive ketones (excluding diaryl/α,β-unsaturated/α-hetero) is 1. The zero-order chi connectivity index (χ0) is 16.7. The molecule has 0 saturated carbocycles. The van der Waals surface area contributed by atoms with Crippen LogP contribution in [0.15, 0.2) is 53.0 Å². The van der Waals surface area contributed by atoms with Gasteiger partial charge < -0.3 is 5.32 Å². The molecule has 0 fully saturated rings.